The SMILES string of the molecule is C=CN(C)c1ccc(Oc2ccc(Nc3ncnc4cc5c(cc34)N3CCN(C(=O)C#CC)CC3CO5)cc2C)cc1C(C)CC. The van der Waals surface area contributed by atoms with Crippen molar-refractivity contribution in [3.63, 3.8) is 0 Å². The minimum absolute atomic E-state index is 0.0536. The Morgan fingerprint density at radius 2 is 2.07 bits per heavy atom. The monoisotopic (exact) mass is 616 g/mol. The first-order valence-electron chi connectivity index (χ1n) is 15.7. The second-order valence-corrected chi connectivity index (χ2v) is 11.9. The Morgan fingerprint density at radius 1 is 1.22 bits per heavy atom. The molecule has 0 spiro atoms. The summed E-state index contributed by atoms with van der Waals surface area (Å²) >= 11 is 0. The predicted molar refractivity (Wildman–Crippen MR) is 184 cm³/mol. The van der Waals surface area contributed by atoms with Gasteiger partial charge >= 0.3 is 0 Å². The van der Waals surface area contributed by atoms with E-state index in [2.05, 4.69) is 76.7 Å². The first kappa shape index (κ1) is 30.8. The van der Waals surface area contributed by atoms with Gasteiger partial charge in [-0.3, -0.25) is 4.79 Å². The number of aromatic nitrogens is 2. The zero-order chi connectivity index (χ0) is 32.4. The molecule has 0 bridgehead atoms. The highest BCUT2D eigenvalue weighted by atomic mass is 16.5. The van der Waals surface area contributed by atoms with Crippen LogP contribution < -0.4 is 24.6 Å². The van der Waals surface area contributed by atoms with Gasteiger partial charge in [-0.15, -0.1) is 0 Å². The molecule has 236 valence electrons. The highest BCUT2D eigenvalue weighted by Gasteiger charge is 2.34. The Hall–Kier alpha value is -5.23. The summed E-state index contributed by atoms with van der Waals surface area (Å²) in [6, 6.07) is 16.4. The number of hydrogen-bond donors (Lipinski definition) is 1. The van der Waals surface area contributed by atoms with E-state index in [4.69, 9.17) is 9.47 Å². The van der Waals surface area contributed by atoms with Crippen molar-refractivity contribution in [1.82, 2.24) is 14.9 Å². The predicted octanol–water partition coefficient (Wildman–Crippen LogP) is 7.00. The Morgan fingerprint density at radius 3 is 2.83 bits per heavy atom. The molecule has 1 amide bonds. The van der Waals surface area contributed by atoms with Gasteiger partial charge in [0.25, 0.3) is 5.91 Å². The van der Waals surface area contributed by atoms with Gasteiger partial charge in [-0.05, 0) is 91.9 Å². The summed E-state index contributed by atoms with van der Waals surface area (Å²) in [4.78, 5) is 27.7. The Kier molecular flexibility index (Phi) is 8.71. The molecule has 1 N–H and O–H groups in total. The maximum atomic E-state index is 12.4. The summed E-state index contributed by atoms with van der Waals surface area (Å²) in [7, 11) is 2.01. The van der Waals surface area contributed by atoms with E-state index in [1.165, 1.54) is 5.56 Å². The number of nitrogens with zero attached hydrogens (tertiary/aromatic N) is 5. The van der Waals surface area contributed by atoms with Crippen LogP contribution in [-0.2, 0) is 4.79 Å². The van der Waals surface area contributed by atoms with Crippen molar-refractivity contribution in [2.75, 3.05) is 48.4 Å². The lowest BCUT2D eigenvalue weighted by molar-refractivity contribution is -0.126. The second kappa shape index (κ2) is 13.0. The van der Waals surface area contributed by atoms with Crippen LogP contribution in [0.15, 0.2) is 67.6 Å². The molecule has 0 radical (unpaired) electrons. The first-order valence-corrected chi connectivity index (χ1v) is 15.7. The fraction of sp³-hybridized carbons (Fsp3) is 0.324. The van der Waals surface area contributed by atoms with Crippen LogP contribution in [0.5, 0.6) is 17.2 Å². The molecule has 0 aliphatic carbocycles. The minimum Gasteiger partial charge on any atom is -0.489 e. The molecule has 9 heteroatoms. The normalized spacial score (nSPS) is 15.9. The number of rotatable bonds is 8. The van der Waals surface area contributed by atoms with Crippen LogP contribution >= 0.6 is 0 Å². The van der Waals surface area contributed by atoms with Crippen LogP contribution in [0.25, 0.3) is 10.9 Å². The zero-order valence-electron chi connectivity index (χ0n) is 27.1. The van der Waals surface area contributed by atoms with Gasteiger partial charge in [0.2, 0.25) is 0 Å². The number of carbonyl (C=O) groups excluding carboxylic acids is 1. The number of carbonyl (C=O) groups is 1. The van der Waals surface area contributed by atoms with E-state index in [1.807, 2.05) is 49.3 Å². The Balaban J connectivity index is 1.23. The molecule has 2 unspecified atom stereocenters. The van der Waals surface area contributed by atoms with Crippen molar-refractivity contribution in [2.24, 2.45) is 0 Å². The number of aryl methyl sites for hydroxylation is 1. The number of amides is 1. The van der Waals surface area contributed by atoms with Crippen molar-refractivity contribution in [2.45, 2.75) is 46.1 Å². The zero-order valence-corrected chi connectivity index (χ0v) is 27.1. The van der Waals surface area contributed by atoms with Crippen molar-refractivity contribution in [3.8, 4) is 29.1 Å². The van der Waals surface area contributed by atoms with Crippen LogP contribution in [0.2, 0.25) is 0 Å². The molecule has 0 saturated carbocycles. The van der Waals surface area contributed by atoms with Crippen LogP contribution in [0.4, 0.5) is 22.9 Å². The summed E-state index contributed by atoms with van der Waals surface area (Å²) in [5.41, 5.74) is 6.03. The number of anilines is 4. The third kappa shape index (κ3) is 6.03. The fourth-order valence-corrected chi connectivity index (χ4v) is 6.12. The molecule has 46 heavy (non-hydrogen) atoms. The maximum Gasteiger partial charge on any atom is 0.298 e. The lowest BCUT2D eigenvalue weighted by Gasteiger charge is -2.45. The molecule has 2 aliphatic rings. The molecule has 1 aromatic heterocycles. The van der Waals surface area contributed by atoms with E-state index in [-0.39, 0.29) is 11.9 Å². The van der Waals surface area contributed by atoms with Crippen LogP contribution in [-0.4, -0.2) is 60.1 Å². The van der Waals surface area contributed by atoms with Gasteiger partial charge in [-0.1, -0.05) is 26.3 Å². The largest absolute Gasteiger partial charge is 0.489 e. The lowest BCUT2D eigenvalue weighted by Crippen LogP contribution is -2.58. The highest BCUT2D eigenvalue weighted by Crippen LogP contribution is 2.40. The van der Waals surface area contributed by atoms with Crippen LogP contribution in [0.1, 0.15) is 44.2 Å². The quantitative estimate of drug-likeness (QED) is 0.212. The average Bonchev–Trinajstić information content (AvgIpc) is 3.07. The van der Waals surface area contributed by atoms with Gasteiger partial charge in [0, 0.05) is 49.5 Å². The molecule has 2 atom stereocenters. The maximum absolute atomic E-state index is 12.4. The lowest BCUT2D eigenvalue weighted by atomic mass is 9.96. The van der Waals surface area contributed by atoms with E-state index in [0.717, 1.165) is 57.2 Å². The number of hydrogen-bond acceptors (Lipinski definition) is 8. The van der Waals surface area contributed by atoms with Gasteiger partial charge in [-0.25, -0.2) is 9.97 Å². The number of ether oxygens (including phenoxy) is 2. The first-order chi connectivity index (χ1) is 22.3. The molecular weight excluding hydrogens is 576 g/mol. The van der Waals surface area contributed by atoms with E-state index in [9.17, 15) is 4.79 Å². The minimum atomic E-state index is -0.136. The Labute approximate surface area is 270 Å². The summed E-state index contributed by atoms with van der Waals surface area (Å²) in [5.74, 6) is 8.71. The molecule has 4 aromatic rings. The average molecular weight is 617 g/mol. The molecule has 1 saturated heterocycles. The third-order valence-electron chi connectivity index (χ3n) is 8.92. The summed E-state index contributed by atoms with van der Waals surface area (Å²) in [5, 5.41) is 4.39. The van der Waals surface area contributed by atoms with Crippen molar-refractivity contribution >= 4 is 39.7 Å². The van der Waals surface area contributed by atoms with E-state index < -0.39 is 0 Å². The third-order valence-corrected chi connectivity index (χ3v) is 8.92. The van der Waals surface area contributed by atoms with Gasteiger partial charge < -0.3 is 29.5 Å². The summed E-state index contributed by atoms with van der Waals surface area (Å²) in [6.45, 7) is 14.5. The summed E-state index contributed by atoms with van der Waals surface area (Å²) in [6.07, 6.45) is 4.42. The molecule has 2 aliphatic heterocycles. The standard InChI is InChI=1S/C37H40N6O3/c1-7-10-36(44)42-15-16-43-27(21-42)22-45-35-20-31-30(19-33(35)43)37(39-23-38-31)40-26-11-14-34(25(5)17-26)46-28-12-13-32(41(6)9-3)29(18-28)24(4)8-2/h9,11-14,17-20,23-24,27H,3,8,15-16,21-22H2,1-2,4-6H3,(H,38,39,40). The van der Waals surface area contributed by atoms with Crippen molar-refractivity contribution in [1.29, 1.82) is 0 Å². The molecule has 3 heterocycles. The smallest absolute Gasteiger partial charge is 0.298 e. The van der Waals surface area contributed by atoms with Gasteiger partial charge in [0.1, 0.15) is 36.0 Å². The number of benzene rings is 3. The van der Waals surface area contributed by atoms with Crippen molar-refractivity contribution in [3.05, 3.63) is 78.8 Å². The van der Waals surface area contributed by atoms with Gasteiger partial charge in [-0.2, -0.15) is 0 Å². The number of piperazine rings is 1. The van der Waals surface area contributed by atoms with Crippen molar-refractivity contribution < 1.29 is 14.3 Å². The topological polar surface area (TPSA) is 83.1 Å². The molecule has 3 aromatic carbocycles. The van der Waals surface area contributed by atoms with Crippen LogP contribution in [0.3, 0.4) is 0 Å². The molecular formula is C37H40N6O3. The van der Waals surface area contributed by atoms with Gasteiger partial charge in [0.05, 0.1) is 17.2 Å². The van der Waals surface area contributed by atoms with Crippen LogP contribution in [0, 0.1) is 18.8 Å². The Bertz CT molecular complexity index is 1860. The van der Waals surface area contributed by atoms with E-state index in [1.54, 1.807) is 18.2 Å². The second-order valence-electron chi connectivity index (χ2n) is 11.9. The fourth-order valence-electron chi connectivity index (χ4n) is 6.12. The molecule has 1 fully saturated rings. The molecule has 9 nitrogen and oxygen atoms in total. The van der Waals surface area contributed by atoms with E-state index >= 15 is 0 Å². The van der Waals surface area contributed by atoms with E-state index in [0.29, 0.717) is 38.0 Å². The van der Waals surface area contributed by atoms with Gasteiger partial charge in [0.15, 0.2) is 0 Å². The highest BCUT2D eigenvalue weighted by molar-refractivity contribution is 5.96. The number of nitrogens with one attached hydrogen (secondary N) is 1. The molecule has 6 rings (SSSR count). The summed E-state index contributed by atoms with van der Waals surface area (Å²) < 4.78 is 12.5. The number of fused-ring (bicyclic) bond motifs is 4.